The highest BCUT2D eigenvalue weighted by Gasteiger charge is 2.38. The van der Waals surface area contributed by atoms with E-state index in [0.717, 1.165) is 38.8 Å². The van der Waals surface area contributed by atoms with E-state index in [4.69, 9.17) is 0 Å². The van der Waals surface area contributed by atoms with E-state index in [1.54, 1.807) is 30.8 Å². The van der Waals surface area contributed by atoms with Crippen LogP contribution in [0.1, 0.15) is 43.0 Å². The molecule has 2 fully saturated rings. The third-order valence-electron chi connectivity index (χ3n) is 5.32. The van der Waals surface area contributed by atoms with Crippen molar-refractivity contribution in [3.63, 3.8) is 0 Å². The quantitative estimate of drug-likeness (QED) is 0.676. The summed E-state index contributed by atoms with van der Waals surface area (Å²) in [6.07, 6.45) is 3.94. The number of carbonyl (C=O) groups is 3. The minimum absolute atomic E-state index is 0.0793. The summed E-state index contributed by atoms with van der Waals surface area (Å²) in [5, 5.41) is 2.89. The Balaban J connectivity index is 1.38. The van der Waals surface area contributed by atoms with Gasteiger partial charge in [0.05, 0.1) is 5.75 Å². The molecule has 1 aliphatic heterocycles. The molecule has 0 aromatic heterocycles. The summed E-state index contributed by atoms with van der Waals surface area (Å²) in [5.41, 5.74) is 0.653. The first kappa shape index (κ1) is 20.7. The predicted octanol–water partition coefficient (Wildman–Crippen LogP) is 2.15. The van der Waals surface area contributed by atoms with E-state index in [0.29, 0.717) is 29.7 Å². The van der Waals surface area contributed by atoms with Crippen LogP contribution in [0.4, 0.5) is 0 Å². The first-order valence-corrected chi connectivity index (χ1v) is 11.2. The molecule has 1 aromatic carbocycles. The summed E-state index contributed by atoms with van der Waals surface area (Å²) in [5.74, 6) is 1.40. The number of hydrogen-bond donors (Lipinski definition) is 1. The van der Waals surface area contributed by atoms with Crippen LogP contribution in [0.2, 0.25) is 0 Å². The van der Waals surface area contributed by atoms with Gasteiger partial charge in [-0.2, -0.15) is 11.8 Å². The normalized spacial score (nSPS) is 17.2. The van der Waals surface area contributed by atoms with Crippen molar-refractivity contribution in [2.75, 3.05) is 31.1 Å². The Morgan fingerprint density at radius 3 is 2.32 bits per heavy atom. The number of amides is 3. The van der Waals surface area contributed by atoms with Gasteiger partial charge < -0.3 is 15.1 Å². The SMILES string of the molecule is CC(=O)N1CCC(N(C(=O)CSCCNC(=O)c2ccccc2)C2CC2)CC1. The highest BCUT2D eigenvalue weighted by Crippen LogP contribution is 2.32. The van der Waals surface area contributed by atoms with Gasteiger partial charge >= 0.3 is 0 Å². The molecule has 2 aliphatic rings. The molecule has 1 saturated carbocycles. The van der Waals surface area contributed by atoms with Gasteiger partial charge in [0.2, 0.25) is 11.8 Å². The van der Waals surface area contributed by atoms with E-state index in [9.17, 15) is 14.4 Å². The Bertz CT molecular complexity index is 685. The summed E-state index contributed by atoms with van der Waals surface area (Å²) < 4.78 is 0. The van der Waals surface area contributed by atoms with Gasteiger partial charge in [0.1, 0.15) is 0 Å². The van der Waals surface area contributed by atoms with Gasteiger partial charge in [0.15, 0.2) is 0 Å². The minimum Gasteiger partial charge on any atom is -0.351 e. The predicted molar refractivity (Wildman–Crippen MR) is 111 cm³/mol. The number of piperidine rings is 1. The fraction of sp³-hybridized carbons (Fsp3) is 0.571. The Morgan fingerprint density at radius 1 is 1.07 bits per heavy atom. The first-order valence-electron chi connectivity index (χ1n) is 10.0. The molecular formula is C21H29N3O3S. The van der Waals surface area contributed by atoms with Crippen molar-refractivity contribution in [1.82, 2.24) is 15.1 Å². The van der Waals surface area contributed by atoms with Gasteiger partial charge in [-0.15, -0.1) is 0 Å². The lowest BCUT2D eigenvalue weighted by Gasteiger charge is -2.38. The average Bonchev–Trinajstić information content (AvgIpc) is 3.54. The number of nitrogens with one attached hydrogen (secondary N) is 1. The largest absolute Gasteiger partial charge is 0.351 e. The van der Waals surface area contributed by atoms with E-state index in [2.05, 4.69) is 10.2 Å². The Hall–Kier alpha value is -2.02. The maximum atomic E-state index is 12.8. The van der Waals surface area contributed by atoms with E-state index >= 15 is 0 Å². The van der Waals surface area contributed by atoms with Gasteiger partial charge in [-0.1, -0.05) is 18.2 Å². The van der Waals surface area contributed by atoms with E-state index in [1.807, 2.05) is 23.1 Å². The Kier molecular flexibility index (Phi) is 7.36. The van der Waals surface area contributed by atoms with Crippen LogP contribution in [0.15, 0.2) is 30.3 Å². The first-order chi connectivity index (χ1) is 13.6. The topological polar surface area (TPSA) is 69.7 Å². The summed E-state index contributed by atoms with van der Waals surface area (Å²) in [6.45, 7) is 3.65. The van der Waals surface area contributed by atoms with Gasteiger partial charge in [0.25, 0.3) is 5.91 Å². The van der Waals surface area contributed by atoms with Crippen molar-refractivity contribution in [1.29, 1.82) is 0 Å². The summed E-state index contributed by atoms with van der Waals surface area (Å²) in [7, 11) is 0. The van der Waals surface area contributed by atoms with Gasteiger partial charge in [0, 0.05) is 50.0 Å². The summed E-state index contributed by atoms with van der Waals surface area (Å²) in [6, 6.07) is 9.79. The standard InChI is InChI=1S/C21H29N3O3S/c1-16(25)23-12-9-19(10-13-23)24(18-7-8-18)20(26)15-28-14-11-22-21(27)17-5-3-2-4-6-17/h2-6,18-19H,7-15H2,1H3,(H,22,27). The van der Waals surface area contributed by atoms with Crippen molar-refractivity contribution in [2.45, 2.75) is 44.7 Å². The molecule has 3 amide bonds. The number of thioether (sulfide) groups is 1. The van der Waals surface area contributed by atoms with Crippen LogP contribution in [0.3, 0.4) is 0 Å². The third kappa shape index (κ3) is 5.74. The van der Waals surface area contributed by atoms with Gasteiger partial charge in [-0.3, -0.25) is 14.4 Å². The van der Waals surface area contributed by atoms with Crippen LogP contribution >= 0.6 is 11.8 Å². The number of carbonyl (C=O) groups excluding carboxylic acids is 3. The fourth-order valence-corrected chi connectivity index (χ4v) is 4.39. The van der Waals surface area contributed by atoms with Gasteiger partial charge in [-0.05, 0) is 37.8 Å². The Labute approximate surface area is 171 Å². The Morgan fingerprint density at radius 2 is 1.71 bits per heavy atom. The van der Waals surface area contributed by atoms with E-state index < -0.39 is 0 Å². The molecule has 0 unspecified atom stereocenters. The molecule has 0 atom stereocenters. The molecule has 0 spiro atoms. The van der Waals surface area contributed by atoms with Gasteiger partial charge in [-0.25, -0.2) is 0 Å². The smallest absolute Gasteiger partial charge is 0.251 e. The van der Waals surface area contributed by atoms with Crippen molar-refractivity contribution in [3.05, 3.63) is 35.9 Å². The number of benzene rings is 1. The fourth-order valence-electron chi connectivity index (χ4n) is 3.68. The lowest BCUT2D eigenvalue weighted by atomic mass is 10.0. The maximum Gasteiger partial charge on any atom is 0.251 e. The van der Waals surface area contributed by atoms with Crippen LogP contribution in [-0.2, 0) is 9.59 Å². The highest BCUT2D eigenvalue weighted by atomic mass is 32.2. The second kappa shape index (κ2) is 9.96. The van der Waals surface area contributed by atoms with Crippen molar-refractivity contribution in [3.8, 4) is 0 Å². The van der Waals surface area contributed by atoms with E-state index in [-0.39, 0.29) is 23.8 Å². The average molecular weight is 404 g/mol. The molecule has 1 aromatic rings. The molecule has 3 rings (SSSR count). The zero-order valence-electron chi connectivity index (χ0n) is 16.4. The van der Waals surface area contributed by atoms with Crippen LogP contribution < -0.4 is 5.32 Å². The number of rotatable bonds is 8. The number of nitrogens with zero attached hydrogens (tertiary/aromatic N) is 2. The van der Waals surface area contributed by atoms with Crippen LogP contribution in [0.5, 0.6) is 0 Å². The van der Waals surface area contributed by atoms with Crippen molar-refractivity contribution < 1.29 is 14.4 Å². The minimum atomic E-state index is -0.0793. The molecule has 1 aliphatic carbocycles. The van der Waals surface area contributed by atoms with Crippen molar-refractivity contribution >= 4 is 29.5 Å². The second-order valence-corrected chi connectivity index (χ2v) is 8.55. The number of likely N-dealkylation sites (tertiary alicyclic amines) is 1. The molecule has 6 nitrogen and oxygen atoms in total. The molecular weight excluding hydrogens is 374 g/mol. The van der Waals surface area contributed by atoms with Crippen molar-refractivity contribution in [2.24, 2.45) is 0 Å². The zero-order chi connectivity index (χ0) is 19.9. The monoisotopic (exact) mass is 403 g/mol. The van der Waals surface area contributed by atoms with E-state index in [1.165, 1.54) is 0 Å². The lowest BCUT2D eigenvalue weighted by molar-refractivity contribution is -0.134. The molecule has 1 saturated heterocycles. The summed E-state index contributed by atoms with van der Waals surface area (Å²) >= 11 is 1.57. The van der Waals surface area contributed by atoms with Crippen LogP contribution in [0.25, 0.3) is 0 Å². The molecule has 0 bridgehead atoms. The molecule has 152 valence electrons. The number of hydrogen-bond acceptors (Lipinski definition) is 4. The molecule has 28 heavy (non-hydrogen) atoms. The molecule has 0 radical (unpaired) electrons. The second-order valence-electron chi connectivity index (χ2n) is 7.44. The molecule has 1 N–H and O–H groups in total. The van der Waals surface area contributed by atoms with Crippen LogP contribution in [0, 0.1) is 0 Å². The highest BCUT2D eigenvalue weighted by molar-refractivity contribution is 7.99. The third-order valence-corrected chi connectivity index (χ3v) is 6.27. The van der Waals surface area contributed by atoms with Crippen LogP contribution in [-0.4, -0.2) is 70.7 Å². The summed E-state index contributed by atoms with van der Waals surface area (Å²) in [4.78, 5) is 40.3. The zero-order valence-corrected chi connectivity index (χ0v) is 17.2. The lowest BCUT2D eigenvalue weighted by Crippen LogP contribution is -2.49. The molecule has 1 heterocycles. The molecule has 7 heteroatoms. The maximum absolute atomic E-state index is 12.8.